The fourth-order valence-electron chi connectivity index (χ4n) is 1.97. The molecule has 0 aliphatic heterocycles. The van der Waals surface area contributed by atoms with Crippen molar-refractivity contribution in [1.82, 2.24) is 0 Å². The van der Waals surface area contributed by atoms with Crippen LogP contribution in [0.2, 0.25) is 0 Å². The van der Waals surface area contributed by atoms with E-state index in [1.54, 1.807) is 37.3 Å². The van der Waals surface area contributed by atoms with Gasteiger partial charge in [0.05, 0.1) is 6.61 Å². The highest BCUT2D eigenvalue weighted by Gasteiger charge is 2.15. The van der Waals surface area contributed by atoms with Crippen molar-refractivity contribution in [3.05, 3.63) is 77.4 Å². The highest BCUT2D eigenvalue weighted by Crippen LogP contribution is 2.22. The van der Waals surface area contributed by atoms with Crippen molar-refractivity contribution in [2.24, 2.45) is 0 Å². The van der Waals surface area contributed by atoms with E-state index in [1.165, 1.54) is 30.3 Å². The Morgan fingerprint density at radius 3 is 2.48 bits per heavy atom. The molecule has 1 unspecified atom stereocenters. The second-order valence-corrected chi connectivity index (χ2v) is 4.69. The molecule has 0 saturated heterocycles. The molecule has 0 spiro atoms. The summed E-state index contributed by atoms with van der Waals surface area (Å²) < 4.78 is 36.5. The fraction of sp³-hybridized carbons (Fsp3) is 0.167. The lowest BCUT2D eigenvalue weighted by Gasteiger charge is -2.14. The molecule has 0 fully saturated rings. The topological polar surface area (TPSA) is 35.5 Å². The Morgan fingerprint density at radius 1 is 1.13 bits per heavy atom. The molecule has 2 aromatic rings. The molecule has 1 atom stereocenters. The van der Waals surface area contributed by atoms with Crippen molar-refractivity contribution in [2.75, 3.05) is 6.61 Å². The lowest BCUT2D eigenvalue weighted by Crippen LogP contribution is -2.11. The van der Waals surface area contributed by atoms with Crippen molar-refractivity contribution < 1.29 is 23.0 Å². The third kappa shape index (κ3) is 5.21. The van der Waals surface area contributed by atoms with Gasteiger partial charge in [-0.15, -0.1) is 0 Å². The third-order valence-electron chi connectivity index (χ3n) is 2.97. The van der Waals surface area contributed by atoms with Gasteiger partial charge >= 0.3 is 6.16 Å². The van der Waals surface area contributed by atoms with E-state index in [1.807, 2.05) is 0 Å². The normalized spacial score (nSPS) is 12.1. The number of hydrogen-bond acceptors (Lipinski definition) is 3. The second-order valence-electron chi connectivity index (χ2n) is 4.69. The van der Waals surface area contributed by atoms with Crippen LogP contribution in [0.4, 0.5) is 13.6 Å². The average Bonchev–Trinajstić information content (AvgIpc) is 2.52. The van der Waals surface area contributed by atoms with Crippen LogP contribution in [0.3, 0.4) is 0 Å². The molecule has 2 aromatic carbocycles. The maximum absolute atomic E-state index is 13.4. The Labute approximate surface area is 133 Å². The summed E-state index contributed by atoms with van der Waals surface area (Å²) in [5, 5.41) is 0. The quantitative estimate of drug-likeness (QED) is 0.736. The summed E-state index contributed by atoms with van der Waals surface area (Å²) in [6.45, 7) is 1.82. The summed E-state index contributed by atoms with van der Waals surface area (Å²) in [6, 6.07) is 11.6. The molecule has 0 saturated carbocycles. The highest BCUT2D eigenvalue weighted by atomic mass is 19.1. The van der Waals surface area contributed by atoms with Gasteiger partial charge in [0.15, 0.2) is 0 Å². The first-order valence-corrected chi connectivity index (χ1v) is 7.11. The Bertz CT molecular complexity index is 698. The molecule has 0 radical (unpaired) electrons. The van der Waals surface area contributed by atoms with E-state index in [0.717, 1.165) is 0 Å². The Hall–Kier alpha value is -2.69. The first-order valence-electron chi connectivity index (χ1n) is 7.11. The van der Waals surface area contributed by atoms with Crippen LogP contribution >= 0.6 is 0 Å². The molecule has 23 heavy (non-hydrogen) atoms. The minimum absolute atomic E-state index is 0.169. The smallest absolute Gasteiger partial charge is 0.435 e. The van der Waals surface area contributed by atoms with Gasteiger partial charge in [0.1, 0.15) is 17.7 Å². The minimum atomic E-state index is -0.856. The molecule has 2 rings (SSSR count). The number of carbonyl (C=O) groups is 1. The molecule has 0 amide bonds. The van der Waals surface area contributed by atoms with Gasteiger partial charge < -0.3 is 9.47 Å². The molecular formula is C18H16F2O3. The lowest BCUT2D eigenvalue weighted by atomic mass is 10.1. The van der Waals surface area contributed by atoms with E-state index in [2.05, 4.69) is 0 Å². The standard InChI is InChI=1S/C18H16F2O3/c1-2-22-18(21)23-17(14-6-4-8-16(20)12-14)10-9-13-5-3-7-15(19)11-13/h3-12,17H,2H2,1H3/b10-9+. The molecule has 0 N–H and O–H groups in total. The first-order chi connectivity index (χ1) is 11.1. The van der Waals surface area contributed by atoms with Crippen molar-refractivity contribution in [2.45, 2.75) is 13.0 Å². The molecule has 5 heteroatoms. The van der Waals surface area contributed by atoms with Gasteiger partial charge in [-0.1, -0.05) is 30.3 Å². The van der Waals surface area contributed by atoms with Crippen molar-refractivity contribution in [1.29, 1.82) is 0 Å². The SMILES string of the molecule is CCOC(=O)OC(/C=C/c1cccc(F)c1)c1cccc(F)c1. The van der Waals surface area contributed by atoms with Crippen LogP contribution in [0.5, 0.6) is 0 Å². The van der Waals surface area contributed by atoms with Gasteiger partial charge in [0.2, 0.25) is 0 Å². The van der Waals surface area contributed by atoms with E-state index < -0.39 is 18.1 Å². The van der Waals surface area contributed by atoms with E-state index in [0.29, 0.717) is 11.1 Å². The zero-order valence-corrected chi connectivity index (χ0v) is 12.5. The molecule has 0 aliphatic rings. The second kappa shape index (κ2) is 8.08. The van der Waals surface area contributed by atoms with Crippen molar-refractivity contribution >= 4 is 12.2 Å². The molecule has 0 heterocycles. The van der Waals surface area contributed by atoms with Gasteiger partial charge in [-0.05, 0) is 48.4 Å². The number of benzene rings is 2. The van der Waals surface area contributed by atoms with Crippen LogP contribution in [0.25, 0.3) is 6.08 Å². The minimum Gasteiger partial charge on any atom is -0.435 e. The average molecular weight is 318 g/mol. The highest BCUT2D eigenvalue weighted by molar-refractivity contribution is 5.61. The largest absolute Gasteiger partial charge is 0.509 e. The van der Waals surface area contributed by atoms with E-state index >= 15 is 0 Å². The van der Waals surface area contributed by atoms with Crippen molar-refractivity contribution in [3.8, 4) is 0 Å². The fourth-order valence-corrected chi connectivity index (χ4v) is 1.97. The Balaban J connectivity index is 2.24. The third-order valence-corrected chi connectivity index (χ3v) is 2.97. The van der Waals surface area contributed by atoms with E-state index in [4.69, 9.17) is 9.47 Å². The van der Waals surface area contributed by atoms with Gasteiger partial charge in [-0.2, -0.15) is 0 Å². The molecule has 120 valence electrons. The molecule has 0 bridgehead atoms. The van der Waals surface area contributed by atoms with Crippen LogP contribution in [-0.2, 0) is 9.47 Å². The number of halogens is 2. The zero-order valence-electron chi connectivity index (χ0n) is 12.5. The molecular weight excluding hydrogens is 302 g/mol. The zero-order chi connectivity index (χ0) is 16.7. The summed E-state index contributed by atoms with van der Waals surface area (Å²) in [5.41, 5.74) is 1.05. The monoisotopic (exact) mass is 318 g/mol. The summed E-state index contributed by atoms with van der Waals surface area (Å²) in [5.74, 6) is -0.820. The number of ether oxygens (including phenoxy) is 2. The molecule has 0 aliphatic carbocycles. The molecule has 3 nitrogen and oxygen atoms in total. The predicted molar refractivity (Wildman–Crippen MR) is 82.7 cm³/mol. The predicted octanol–water partition coefficient (Wildman–Crippen LogP) is 4.89. The summed E-state index contributed by atoms with van der Waals surface area (Å²) in [7, 11) is 0. The van der Waals surface area contributed by atoms with Crippen LogP contribution < -0.4 is 0 Å². The lowest BCUT2D eigenvalue weighted by molar-refractivity contribution is 0.0402. The van der Waals surface area contributed by atoms with Crippen molar-refractivity contribution in [3.63, 3.8) is 0 Å². The Kier molecular flexibility index (Phi) is 5.86. The van der Waals surface area contributed by atoms with Gasteiger partial charge in [0.25, 0.3) is 0 Å². The van der Waals surface area contributed by atoms with Crippen LogP contribution in [0.1, 0.15) is 24.2 Å². The maximum Gasteiger partial charge on any atom is 0.509 e. The molecule has 0 aromatic heterocycles. The number of hydrogen-bond donors (Lipinski definition) is 0. The first kappa shape index (κ1) is 16.7. The number of rotatable bonds is 5. The maximum atomic E-state index is 13.4. The summed E-state index contributed by atoms with van der Waals surface area (Å²) in [6.07, 6.45) is 1.44. The van der Waals surface area contributed by atoms with Crippen LogP contribution in [0, 0.1) is 11.6 Å². The summed E-state index contributed by atoms with van der Waals surface area (Å²) in [4.78, 5) is 11.5. The van der Waals surface area contributed by atoms with E-state index in [-0.39, 0.29) is 12.4 Å². The Morgan fingerprint density at radius 2 is 1.83 bits per heavy atom. The van der Waals surface area contributed by atoms with Crippen LogP contribution in [0.15, 0.2) is 54.6 Å². The van der Waals surface area contributed by atoms with Gasteiger partial charge in [-0.25, -0.2) is 13.6 Å². The van der Waals surface area contributed by atoms with E-state index in [9.17, 15) is 13.6 Å². The summed E-state index contributed by atoms with van der Waals surface area (Å²) >= 11 is 0. The number of carbonyl (C=O) groups excluding carboxylic acids is 1. The van der Waals surface area contributed by atoms with Gasteiger partial charge in [0, 0.05) is 0 Å². The van der Waals surface area contributed by atoms with Crippen LogP contribution in [-0.4, -0.2) is 12.8 Å². The van der Waals surface area contributed by atoms with Gasteiger partial charge in [-0.3, -0.25) is 0 Å².